The zero-order valence-electron chi connectivity index (χ0n) is 12.3. The Hall–Kier alpha value is -1.71. The van der Waals surface area contributed by atoms with E-state index < -0.39 is 0 Å². The maximum Gasteiger partial charge on any atom is 0.134 e. The Bertz CT molecular complexity index is 601. The third-order valence-electron chi connectivity index (χ3n) is 3.49. The summed E-state index contributed by atoms with van der Waals surface area (Å²) in [6, 6.07) is 13.5. The number of phenolic OH excluding ortho intramolecular Hbond substituents is 1. The first-order valence-corrected chi connectivity index (χ1v) is 7.37. The van der Waals surface area contributed by atoms with Crippen LogP contribution in [0.1, 0.15) is 30.5 Å². The summed E-state index contributed by atoms with van der Waals surface area (Å²) in [6.07, 6.45) is 0.951. The van der Waals surface area contributed by atoms with Gasteiger partial charge >= 0.3 is 0 Å². The zero-order valence-corrected chi connectivity index (χ0v) is 13.0. The van der Waals surface area contributed by atoms with Gasteiger partial charge in [0.25, 0.3) is 0 Å². The van der Waals surface area contributed by atoms with Crippen molar-refractivity contribution in [2.24, 2.45) is 0 Å². The Morgan fingerprint density at radius 1 is 1.24 bits per heavy atom. The minimum absolute atomic E-state index is 0.109. The molecule has 0 aliphatic rings. The first-order valence-electron chi connectivity index (χ1n) is 6.99. The SMILES string of the molecule is CCC(NCc1ccc(O)c(Cl)c1)c1ccccc1OC. The van der Waals surface area contributed by atoms with E-state index in [2.05, 4.69) is 18.3 Å². The molecule has 0 aromatic heterocycles. The lowest BCUT2D eigenvalue weighted by atomic mass is 10.0. The Morgan fingerprint density at radius 3 is 2.67 bits per heavy atom. The molecule has 112 valence electrons. The molecule has 0 spiro atoms. The number of nitrogens with one attached hydrogen (secondary N) is 1. The van der Waals surface area contributed by atoms with Crippen molar-refractivity contribution in [3.63, 3.8) is 0 Å². The molecule has 2 N–H and O–H groups in total. The van der Waals surface area contributed by atoms with Gasteiger partial charge in [-0.3, -0.25) is 0 Å². The van der Waals surface area contributed by atoms with Crippen molar-refractivity contribution in [2.45, 2.75) is 25.9 Å². The molecule has 2 aromatic rings. The Balaban J connectivity index is 2.10. The van der Waals surface area contributed by atoms with E-state index in [1.54, 1.807) is 19.2 Å². The molecule has 0 saturated carbocycles. The fourth-order valence-corrected chi connectivity index (χ4v) is 2.53. The van der Waals surface area contributed by atoms with Crippen molar-refractivity contribution >= 4 is 11.6 Å². The van der Waals surface area contributed by atoms with Gasteiger partial charge in [-0.05, 0) is 30.2 Å². The molecule has 2 rings (SSSR count). The molecule has 0 aliphatic heterocycles. The van der Waals surface area contributed by atoms with Gasteiger partial charge in [0.05, 0.1) is 12.1 Å². The summed E-state index contributed by atoms with van der Waals surface area (Å²) in [4.78, 5) is 0. The van der Waals surface area contributed by atoms with Gasteiger partial charge in [-0.1, -0.05) is 42.8 Å². The second-order valence-corrected chi connectivity index (χ2v) is 5.28. The van der Waals surface area contributed by atoms with Crippen LogP contribution in [0.15, 0.2) is 42.5 Å². The predicted molar refractivity (Wildman–Crippen MR) is 86.0 cm³/mol. The Labute approximate surface area is 130 Å². The smallest absolute Gasteiger partial charge is 0.134 e. The molecule has 0 bridgehead atoms. The van der Waals surface area contributed by atoms with Crippen LogP contribution in [0.25, 0.3) is 0 Å². The van der Waals surface area contributed by atoms with Gasteiger partial charge in [-0.25, -0.2) is 0 Å². The number of rotatable bonds is 6. The standard InChI is InChI=1S/C17H20ClNO2/c1-3-15(13-6-4-5-7-17(13)21-2)19-11-12-8-9-16(20)14(18)10-12/h4-10,15,19-20H,3,11H2,1-2H3. The van der Waals surface area contributed by atoms with Crippen molar-refractivity contribution in [1.82, 2.24) is 5.32 Å². The normalized spacial score (nSPS) is 12.1. The van der Waals surface area contributed by atoms with E-state index in [0.29, 0.717) is 11.6 Å². The third-order valence-corrected chi connectivity index (χ3v) is 3.79. The van der Waals surface area contributed by atoms with E-state index in [0.717, 1.165) is 23.3 Å². The van der Waals surface area contributed by atoms with Gasteiger partial charge in [0, 0.05) is 18.2 Å². The van der Waals surface area contributed by atoms with Gasteiger partial charge in [0.15, 0.2) is 0 Å². The van der Waals surface area contributed by atoms with Crippen molar-refractivity contribution < 1.29 is 9.84 Å². The van der Waals surface area contributed by atoms with Crippen molar-refractivity contribution in [3.8, 4) is 11.5 Å². The number of para-hydroxylation sites is 1. The van der Waals surface area contributed by atoms with E-state index in [-0.39, 0.29) is 11.8 Å². The maximum atomic E-state index is 9.44. The van der Waals surface area contributed by atoms with Crippen LogP contribution >= 0.6 is 11.6 Å². The Morgan fingerprint density at radius 2 is 2.00 bits per heavy atom. The van der Waals surface area contributed by atoms with Crippen LogP contribution in [-0.4, -0.2) is 12.2 Å². The first-order chi connectivity index (χ1) is 10.2. The van der Waals surface area contributed by atoms with E-state index in [4.69, 9.17) is 16.3 Å². The molecule has 1 atom stereocenters. The van der Waals surface area contributed by atoms with Crippen LogP contribution in [0, 0.1) is 0 Å². The summed E-state index contributed by atoms with van der Waals surface area (Å²) in [5.74, 6) is 0.998. The summed E-state index contributed by atoms with van der Waals surface area (Å²) < 4.78 is 5.42. The molecule has 0 radical (unpaired) electrons. The summed E-state index contributed by atoms with van der Waals surface area (Å²) in [5.41, 5.74) is 2.18. The zero-order chi connectivity index (χ0) is 15.2. The quantitative estimate of drug-likeness (QED) is 0.836. The molecule has 21 heavy (non-hydrogen) atoms. The number of ether oxygens (including phenoxy) is 1. The van der Waals surface area contributed by atoms with E-state index in [1.807, 2.05) is 24.3 Å². The average molecular weight is 306 g/mol. The van der Waals surface area contributed by atoms with E-state index >= 15 is 0 Å². The number of benzene rings is 2. The average Bonchev–Trinajstić information content (AvgIpc) is 2.51. The summed E-state index contributed by atoms with van der Waals surface area (Å²) >= 11 is 5.93. The molecule has 0 aliphatic carbocycles. The maximum absolute atomic E-state index is 9.44. The molecule has 0 heterocycles. The highest BCUT2D eigenvalue weighted by Crippen LogP contribution is 2.28. The minimum Gasteiger partial charge on any atom is -0.506 e. The Kier molecular flexibility index (Phi) is 5.48. The molecule has 1 unspecified atom stereocenters. The minimum atomic E-state index is 0.109. The lowest BCUT2D eigenvalue weighted by Gasteiger charge is -2.20. The number of methoxy groups -OCH3 is 1. The lowest BCUT2D eigenvalue weighted by Crippen LogP contribution is -2.20. The van der Waals surface area contributed by atoms with Gasteiger partial charge < -0.3 is 15.2 Å². The van der Waals surface area contributed by atoms with Crippen LogP contribution in [0.3, 0.4) is 0 Å². The van der Waals surface area contributed by atoms with Crippen molar-refractivity contribution in [3.05, 3.63) is 58.6 Å². The first kappa shape index (κ1) is 15.7. The van der Waals surface area contributed by atoms with Crippen LogP contribution in [0.2, 0.25) is 5.02 Å². The van der Waals surface area contributed by atoms with Gasteiger partial charge in [-0.2, -0.15) is 0 Å². The van der Waals surface area contributed by atoms with Crippen molar-refractivity contribution in [1.29, 1.82) is 0 Å². The summed E-state index contributed by atoms with van der Waals surface area (Å²) in [5, 5.41) is 13.3. The second kappa shape index (κ2) is 7.34. The molecule has 0 amide bonds. The van der Waals surface area contributed by atoms with E-state index in [9.17, 15) is 5.11 Å². The van der Waals surface area contributed by atoms with Crippen LogP contribution in [0.4, 0.5) is 0 Å². The highest BCUT2D eigenvalue weighted by molar-refractivity contribution is 6.32. The number of halogens is 1. The fraction of sp³-hybridized carbons (Fsp3) is 0.294. The molecule has 0 fully saturated rings. The number of hydrogen-bond acceptors (Lipinski definition) is 3. The fourth-order valence-electron chi connectivity index (χ4n) is 2.33. The van der Waals surface area contributed by atoms with Crippen LogP contribution in [0.5, 0.6) is 11.5 Å². The largest absolute Gasteiger partial charge is 0.506 e. The highest BCUT2D eigenvalue weighted by atomic mass is 35.5. The second-order valence-electron chi connectivity index (χ2n) is 4.87. The highest BCUT2D eigenvalue weighted by Gasteiger charge is 2.13. The van der Waals surface area contributed by atoms with Gasteiger partial charge in [-0.15, -0.1) is 0 Å². The molecular weight excluding hydrogens is 286 g/mol. The van der Waals surface area contributed by atoms with Crippen LogP contribution < -0.4 is 10.1 Å². The van der Waals surface area contributed by atoms with Crippen LogP contribution in [-0.2, 0) is 6.54 Å². The molecule has 4 heteroatoms. The molecular formula is C17H20ClNO2. The molecule has 3 nitrogen and oxygen atoms in total. The summed E-state index contributed by atoms with van der Waals surface area (Å²) in [6.45, 7) is 2.81. The number of aromatic hydroxyl groups is 1. The third kappa shape index (κ3) is 3.90. The predicted octanol–water partition coefficient (Wildman–Crippen LogP) is 4.30. The molecule has 2 aromatic carbocycles. The number of hydrogen-bond donors (Lipinski definition) is 2. The van der Waals surface area contributed by atoms with Gasteiger partial charge in [0.2, 0.25) is 0 Å². The molecule has 0 saturated heterocycles. The van der Waals surface area contributed by atoms with E-state index in [1.165, 1.54) is 0 Å². The number of phenols is 1. The lowest BCUT2D eigenvalue weighted by molar-refractivity contribution is 0.396. The van der Waals surface area contributed by atoms with Gasteiger partial charge in [0.1, 0.15) is 11.5 Å². The van der Waals surface area contributed by atoms with Crippen molar-refractivity contribution in [2.75, 3.05) is 7.11 Å². The monoisotopic (exact) mass is 305 g/mol. The summed E-state index contributed by atoms with van der Waals surface area (Å²) in [7, 11) is 1.69. The topological polar surface area (TPSA) is 41.5 Å².